The van der Waals surface area contributed by atoms with Gasteiger partial charge in [0.1, 0.15) is 0 Å². The number of hydrogen-bond acceptors (Lipinski definition) is 4. The number of rotatable bonds is 6. The van der Waals surface area contributed by atoms with Gasteiger partial charge in [0.25, 0.3) is 10.2 Å². The molecule has 102 valence electrons. The lowest BCUT2D eigenvalue weighted by atomic mass is 10.00. The first-order valence-electron chi connectivity index (χ1n) is 6.11. The molecule has 0 bridgehead atoms. The van der Waals surface area contributed by atoms with Crippen molar-refractivity contribution in [2.45, 2.75) is 19.8 Å². The van der Waals surface area contributed by atoms with Crippen molar-refractivity contribution >= 4 is 10.2 Å². The Labute approximate surface area is 105 Å². The molecule has 0 radical (unpaired) electrons. The predicted molar refractivity (Wildman–Crippen MR) is 68.6 cm³/mol. The van der Waals surface area contributed by atoms with Gasteiger partial charge in [0.05, 0.1) is 0 Å². The summed E-state index contributed by atoms with van der Waals surface area (Å²) < 4.78 is 25.5. The zero-order valence-electron chi connectivity index (χ0n) is 10.9. The third-order valence-corrected chi connectivity index (χ3v) is 4.41. The van der Waals surface area contributed by atoms with Crippen molar-refractivity contribution < 1.29 is 8.42 Å². The second-order valence-electron chi connectivity index (χ2n) is 4.66. The van der Waals surface area contributed by atoms with Crippen LogP contribution in [-0.2, 0) is 10.2 Å². The summed E-state index contributed by atoms with van der Waals surface area (Å²) in [4.78, 5) is 2.48. The topological polar surface area (TPSA) is 64.7 Å². The maximum absolute atomic E-state index is 12.0. The average molecular weight is 264 g/mol. The lowest BCUT2D eigenvalue weighted by Crippen LogP contribution is -2.50. The third kappa shape index (κ3) is 4.89. The van der Waals surface area contributed by atoms with Crippen LogP contribution in [0.2, 0.25) is 0 Å². The van der Waals surface area contributed by atoms with E-state index < -0.39 is 10.2 Å². The summed E-state index contributed by atoms with van der Waals surface area (Å²) in [5.74, 6) is 0.419. The van der Waals surface area contributed by atoms with E-state index in [0.29, 0.717) is 19.0 Å². The number of hydrazine groups is 1. The zero-order valence-corrected chi connectivity index (χ0v) is 11.8. The van der Waals surface area contributed by atoms with Gasteiger partial charge in [0, 0.05) is 27.2 Å². The number of nitrogens with one attached hydrogen (secondary N) is 2. The normalized spacial score (nSPS) is 23.2. The van der Waals surface area contributed by atoms with Crippen LogP contribution in [0, 0.1) is 5.92 Å². The Morgan fingerprint density at radius 2 is 2.12 bits per heavy atom. The Morgan fingerprint density at radius 1 is 1.41 bits per heavy atom. The maximum atomic E-state index is 12.0. The SMILES string of the molecule is CCNCC1CCCN(S(=O)(=O)NN(C)C)C1. The van der Waals surface area contributed by atoms with Gasteiger partial charge >= 0.3 is 0 Å². The number of hydrogen-bond donors (Lipinski definition) is 2. The molecule has 0 aromatic carbocycles. The fraction of sp³-hybridized carbons (Fsp3) is 1.00. The second kappa shape index (κ2) is 6.65. The third-order valence-electron chi connectivity index (χ3n) is 2.80. The van der Waals surface area contributed by atoms with Crippen LogP contribution in [0.1, 0.15) is 19.8 Å². The predicted octanol–water partition coefficient (Wildman–Crippen LogP) is -0.381. The van der Waals surface area contributed by atoms with E-state index in [1.54, 1.807) is 18.4 Å². The molecule has 1 heterocycles. The smallest absolute Gasteiger partial charge is 0.292 e. The van der Waals surface area contributed by atoms with Gasteiger partial charge in [-0.25, -0.2) is 5.01 Å². The molecule has 1 unspecified atom stereocenters. The molecular weight excluding hydrogens is 240 g/mol. The van der Waals surface area contributed by atoms with Crippen LogP contribution in [-0.4, -0.2) is 58.0 Å². The summed E-state index contributed by atoms with van der Waals surface area (Å²) in [6, 6.07) is 0. The summed E-state index contributed by atoms with van der Waals surface area (Å²) in [7, 11) is -0.00268. The van der Waals surface area contributed by atoms with Crippen molar-refractivity contribution in [2.24, 2.45) is 5.92 Å². The molecule has 1 atom stereocenters. The molecule has 0 saturated carbocycles. The van der Waals surface area contributed by atoms with Gasteiger partial charge in [-0.15, -0.1) is 4.83 Å². The molecule has 7 heteroatoms. The summed E-state index contributed by atoms with van der Waals surface area (Å²) in [5.41, 5.74) is 0. The first-order chi connectivity index (χ1) is 7.95. The van der Waals surface area contributed by atoms with Crippen molar-refractivity contribution in [2.75, 3.05) is 40.3 Å². The Bertz CT molecular complexity index is 318. The molecule has 6 nitrogen and oxygen atoms in total. The molecule has 0 amide bonds. The molecular formula is C10H24N4O2S. The molecule has 0 spiro atoms. The standard InChI is InChI=1S/C10H24N4O2S/c1-4-11-8-10-6-5-7-14(9-10)17(15,16)12-13(2)3/h10-12H,4-9H2,1-3H3. The lowest BCUT2D eigenvalue weighted by Gasteiger charge is -2.32. The summed E-state index contributed by atoms with van der Waals surface area (Å²) in [5, 5.41) is 4.74. The molecule has 0 aliphatic carbocycles. The van der Waals surface area contributed by atoms with E-state index in [2.05, 4.69) is 17.1 Å². The Hall–Kier alpha value is -0.210. The molecule has 17 heavy (non-hydrogen) atoms. The highest BCUT2D eigenvalue weighted by atomic mass is 32.2. The van der Waals surface area contributed by atoms with Gasteiger partial charge in [-0.2, -0.15) is 12.7 Å². The molecule has 1 saturated heterocycles. The number of piperidine rings is 1. The fourth-order valence-corrected chi connectivity index (χ4v) is 3.40. The highest BCUT2D eigenvalue weighted by molar-refractivity contribution is 7.87. The van der Waals surface area contributed by atoms with E-state index in [1.165, 1.54) is 5.01 Å². The van der Waals surface area contributed by atoms with Crippen LogP contribution < -0.4 is 10.1 Å². The van der Waals surface area contributed by atoms with Crippen molar-refractivity contribution in [1.82, 2.24) is 19.5 Å². The van der Waals surface area contributed by atoms with E-state index >= 15 is 0 Å². The quantitative estimate of drug-likeness (QED) is 0.642. The molecule has 1 aliphatic rings. The van der Waals surface area contributed by atoms with Crippen LogP contribution in [0.3, 0.4) is 0 Å². The van der Waals surface area contributed by atoms with Crippen molar-refractivity contribution in [3.05, 3.63) is 0 Å². The van der Waals surface area contributed by atoms with Gasteiger partial charge in [-0.05, 0) is 31.8 Å². The molecule has 0 aromatic heterocycles. The van der Waals surface area contributed by atoms with Gasteiger partial charge in [0.2, 0.25) is 0 Å². The Morgan fingerprint density at radius 3 is 2.71 bits per heavy atom. The highest BCUT2D eigenvalue weighted by Crippen LogP contribution is 2.17. The van der Waals surface area contributed by atoms with Crippen molar-refractivity contribution in [3.8, 4) is 0 Å². The lowest BCUT2D eigenvalue weighted by molar-refractivity contribution is 0.247. The van der Waals surface area contributed by atoms with Crippen LogP contribution in [0.4, 0.5) is 0 Å². The van der Waals surface area contributed by atoms with Gasteiger partial charge in [-0.1, -0.05) is 6.92 Å². The van der Waals surface area contributed by atoms with E-state index in [-0.39, 0.29) is 0 Å². The van der Waals surface area contributed by atoms with E-state index in [1.807, 2.05) is 0 Å². The van der Waals surface area contributed by atoms with Gasteiger partial charge in [0.15, 0.2) is 0 Å². The Kier molecular flexibility index (Phi) is 5.81. The molecule has 0 aromatic rings. The molecule has 2 N–H and O–H groups in total. The monoisotopic (exact) mass is 264 g/mol. The van der Waals surface area contributed by atoms with Crippen molar-refractivity contribution in [3.63, 3.8) is 0 Å². The summed E-state index contributed by atoms with van der Waals surface area (Å²) in [6.07, 6.45) is 2.03. The largest absolute Gasteiger partial charge is 0.317 e. The van der Waals surface area contributed by atoms with Crippen LogP contribution in [0.25, 0.3) is 0 Å². The zero-order chi connectivity index (χ0) is 12.9. The molecule has 1 fully saturated rings. The first-order valence-corrected chi connectivity index (χ1v) is 7.55. The Balaban J connectivity index is 2.53. The molecule has 1 rings (SSSR count). The van der Waals surface area contributed by atoms with Gasteiger partial charge in [-0.3, -0.25) is 0 Å². The van der Waals surface area contributed by atoms with Crippen LogP contribution in [0.15, 0.2) is 0 Å². The van der Waals surface area contributed by atoms with Crippen molar-refractivity contribution in [1.29, 1.82) is 0 Å². The van der Waals surface area contributed by atoms with E-state index in [0.717, 1.165) is 25.9 Å². The minimum Gasteiger partial charge on any atom is -0.317 e. The van der Waals surface area contributed by atoms with Crippen LogP contribution in [0.5, 0.6) is 0 Å². The number of nitrogens with zero attached hydrogens (tertiary/aromatic N) is 2. The van der Waals surface area contributed by atoms with Crippen LogP contribution >= 0.6 is 0 Å². The van der Waals surface area contributed by atoms with E-state index in [4.69, 9.17) is 0 Å². The van der Waals surface area contributed by atoms with Gasteiger partial charge < -0.3 is 5.32 Å². The first kappa shape index (κ1) is 14.8. The minimum absolute atomic E-state index is 0.419. The highest BCUT2D eigenvalue weighted by Gasteiger charge is 2.28. The summed E-state index contributed by atoms with van der Waals surface area (Å²) >= 11 is 0. The molecule has 1 aliphatic heterocycles. The maximum Gasteiger partial charge on any atom is 0.292 e. The minimum atomic E-state index is -3.36. The average Bonchev–Trinajstić information content (AvgIpc) is 2.25. The second-order valence-corrected chi connectivity index (χ2v) is 6.31. The fourth-order valence-electron chi connectivity index (χ4n) is 2.05. The van der Waals surface area contributed by atoms with E-state index in [9.17, 15) is 8.42 Å². The summed E-state index contributed by atoms with van der Waals surface area (Å²) in [6.45, 7) is 5.11.